The molecule has 0 bridgehead atoms. The Morgan fingerprint density at radius 2 is 2.13 bits per heavy atom. The molecule has 0 fully saturated rings. The van der Waals surface area contributed by atoms with Crippen molar-refractivity contribution in [3.05, 3.63) is 42.7 Å². The molecule has 0 amide bonds. The molecule has 2 aromatic rings. The standard InChI is InChI=1S/C11H12N3.Ir/c1-13(2)10-6-3-4-7-11(10)14-9-5-8-12-14;/h3-6,8-9H,1-2H3;/q-1;. The molecule has 0 aliphatic heterocycles. The number of hydrogen-bond acceptors (Lipinski definition) is 2. The van der Waals surface area contributed by atoms with Crippen LogP contribution in [0.4, 0.5) is 5.69 Å². The normalized spacial score (nSPS) is 9.47. The molecule has 15 heavy (non-hydrogen) atoms. The summed E-state index contributed by atoms with van der Waals surface area (Å²) in [6, 6.07) is 11.0. The number of aromatic nitrogens is 2. The first-order chi connectivity index (χ1) is 6.79. The topological polar surface area (TPSA) is 21.1 Å². The van der Waals surface area contributed by atoms with Gasteiger partial charge in [-0.1, -0.05) is 0 Å². The molecular formula is C11H12IrN3-. The van der Waals surface area contributed by atoms with Gasteiger partial charge in [0.15, 0.2) is 0 Å². The van der Waals surface area contributed by atoms with Crippen LogP contribution in [0, 0.1) is 6.07 Å². The third-order valence-electron chi connectivity index (χ3n) is 2.03. The first-order valence-electron chi connectivity index (χ1n) is 4.47. The second-order valence-corrected chi connectivity index (χ2v) is 3.25. The van der Waals surface area contributed by atoms with Crippen molar-refractivity contribution in [3.63, 3.8) is 0 Å². The molecule has 0 aliphatic carbocycles. The number of benzene rings is 1. The quantitative estimate of drug-likeness (QED) is 0.743. The minimum Gasteiger partial charge on any atom is -0.427 e. The maximum atomic E-state index is 4.19. The molecule has 81 valence electrons. The third-order valence-corrected chi connectivity index (χ3v) is 2.03. The van der Waals surface area contributed by atoms with E-state index in [0.29, 0.717) is 0 Å². The predicted molar refractivity (Wildman–Crippen MR) is 56.7 cm³/mol. The molecule has 0 saturated carbocycles. The Labute approximate surface area is 103 Å². The summed E-state index contributed by atoms with van der Waals surface area (Å²) in [5.41, 5.74) is 2.08. The molecule has 1 aromatic carbocycles. The van der Waals surface area contributed by atoms with Crippen molar-refractivity contribution in [3.8, 4) is 5.69 Å². The van der Waals surface area contributed by atoms with E-state index in [0.717, 1.165) is 11.4 Å². The first kappa shape index (κ1) is 12.0. The molecule has 0 atom stereocenters. The molecule has 0 aliphatic rings. The molecule has 0 N–H and O–H groups in total. The second-order valence-electron chi connectivity index (χ2n) is 3.25. The van der Waals surface area contributed by atoms with Crippen LogP contribution in [0.25, 0.3) is 5.69 Å². The zero-order valence-corrected chi connectivity index (χ0v) is 11.0. The molecule has 1 heterocycles. The number of anilines is 1. The fraction of sp³-hybridized carbons (Fsp3) is 0.182. The van der Waals surface area contributed by atoms with E-state index >= 15 is 0 Å². The number of rotatable bonds is 2. The van der Waals surface area contributed by atoms with Gasteiger partial charge in [-0.15, -0.1) is 6.07 Å². The summed E-state index contributed by atoms with van der Waals surface area (Å²) >= 11 is 0. The van der Waals surface area contributed by atoms with E-state index in [1.807, 2.05) is 54.1 Å². The largest absolute Gasteiger partial charge is 0.427 e. The Bertz CT molecular complexity index is 410. The fourth-order valence-electron chi connectivity index (χ4n) is 1.36. The Morgan fingerprint density at radius 1 is 1.33 bits per heavy atom. The Kier molecular flexibility index (Phi) is 4.06. The van der Waals surface area contributed by atoms with Crippen LogP contribution in [-0.4, -0.2) is 23.9 Å². The number of para-hydroxylation sites is 1. The van der Waals surface area contributed by atoms with Gasteiger partial charge in [-0.05, 0) is 31.5 Å². The summed E-state index contributed by atoms with van der Waals surface area (Å²) in [6.07, 6.45) is 3.68. The summed E-state index contributed by atoms with van der Waals surface area (Å²) in [7, 11) is 4.02. The maximum absolute atomic E-state index is 4.19. The molecule has 2 rings (SSSR count). The van der Waals surface area contributed by atoms with Gasteiger partial charge in [-0.25, -0.2) is 0 Å². The van der Waals surface area contributed by atoms with E-state index < -0.39 is 0 Å². The van der Waals surface area contributed by atoms with Crippen molar-refractivity contribution in [1.29, 1.82) is 0 Å². The van der Waals surface area contributed by atoms with E-state index in [2.05, 4.69) is 11.2 Å². The molecule has 1 aromatic heterocycles. The zero-order valence-electron chi connectivity index (χ0n) is 8.64. The van der Waals surface area contributed by atoms with Crippen molar-refractivity contribution >= 4 is 5.69 Å². The van der Waals surface area contributed by atoms with Crippen molar-refractivity contribution in [1.82, 2.24) is 9.78 Å². The molecule has 4 heteroatoms. The van der Waals surface area contributed by atoms with Gasteiger partial charge in [0.05, 0.1) is 0 Å². The number of nitrogens with zero attached hydrogens (tertiary/aromatic N) is 3. The molecule has 0 spiro atoms. The van der Waals surface area contributed by atoms with Crippen molar-refractivity contribution in [2.45, 2.75) is 0 Å². The van der Waals surface area contributed by atoms with Gasteiger partial charge in [0.25, 0.3) is 0 Å². The van der Waals surface area contributed by atoms with E-state index in [1.54, 1.807) is 6.20 Å². The summed E-state index contributed by atoms with van der Waals surface area (Å²) in [5.74, 6) is 0. The van der Waals surface area contributed by atoms with Gasteiger partial charge in [0, 0.05) is 32.5 Å². The summed E-state index contributed by atoms with van der Waals surface area (Å²) in [4.78, 5) is 2.05. The summed E-state index contributed by atoms with van der Waals surface area (Å²) in [5, 5.41) is 4.19. The van der Waals surface area contributed by atoms with E-state index in [4.69, 9.17) is 0 Å². The molecular weight excluding hydrogens is 366 g/mol. The Morgan fingerprint density at radius 3 is 2.73 bits per heavy atom. The minimum atomic E-state index is 0. The Hall–Kier alpha value is -1.12. The summed E-state index contributed by atoms with van der Waals surface area (Å²) in [6.45, 7) is 0. The molecule has 0 unspecified atom stereocenters. The molecule has 0 saturated heterocycles. The maximum Gasteiger partial charge on any atom is 0.0493 e. The van der Waals surface area contributed by atoms with Crippen molar-refractivity contribution in [2.75, 3.05) is 19.0 Å². The smallest absolute Gasteiger partial charge is 0.0493 e. The van der Waals surface area contributed by atoms with E-state index in [9.17, 15) is 0 Å². The number of hydrogen-bond donors (Lipinski definition) is 0. The van der Waals surface area contributed by atoms with Gasteiger partial charge in [0.1, 0.15) is 0 Å². The van der Waals surface area contributed by atoms with Crippen LogP contribution in [0.1, 0.15) is 0 Å². The van der Waals surface area contributed by atoms with Crippen LogP contribution < -0.4 is 4.90 Å². The van der Waals surface area contributed by atoms with Gasteiger partial charge in [0.2, 0.25) is 0 Å². The van der Waals surface area contributed by atoms with Crippen molar-refractivity contribution < 1.29 is 20.1 Å². The van der Waals surface area contributed by atoms with Gasteiger partial charge >= 0.3 is 0 Å². The molecule has 1 radical (unpaired) electrons. The SMILES string of the molecule is CN(C)c1ccc[c-]c1-n1cccn1.[Ir]. The average Bonchev–Trinajstić information content (AvgIpc) is 2.70. The molecule has 3 nitrogen and oxygen atoms in total. The van der Waals surface area contributed by atoms with Crippen LogP contribution in [-0.2, 0) is 20.1 Å². The van der Waals surface area contributed by atoms with Gasteiger partial charge < -0.3 is 4.90 Å². The second kappa shape index (κ2) is 5.10. The van der Waals surface area contributed by atoms with Crippen LogP contribution in [0.15, 0.2) is 36.7 Å². The van der Waals surface area contributed by atoms with Crippen LogP contribution >= 0.6 is 0 Å². The fourth-order valence-corrected chi connectivity index (χ4v) is 1.36. The zero-order chi connectivity index (χ0) is 9.97. The van der Waals surface area contributed by atoms with Crippen LogP contribution in [0.2, 0.25) is 0 Å². The van der Waals surface area contributed by atoms with E-state index in [1.165, 1.54) is 0 Å². The van der Waals surface area contributed by atoms with E-state index in [-0.39, 0.29) is 20.1 Å². The minimum absolute atomic E-state index is 0. The van der Waals surface area contributed by atoms with Crippen LogP contribution in [0.3, 0.4) is 0 Å². The third kappa shape index (κ3) is 2.46. The summed E-state index contributed by atoms with van der Waals surface area (Å²) < 4.78 is 1.81. The van der Waals surface area contributed by atoms with Crippen molar-refractivity contribution in [2.24, 2.45) is 0 Å². The first-order valence-corrected chi connectivity index (χ1v) is 4.47. The van der Waals surface area contributed by atoms with Gasteiger partial charge in [-0.2, -0.15) is 23.3 Å². The predicted octanol–water partition coefficient (Wildman–Crippen LogP) is 1.74. The Balaban J connectivity index is 0.00000112. The van der Waals surface area contributed by atoms with Gasteiger partial charge in [-0.3, -0.25) is 4.68 Å². The average molecular weight is 378 g/mol. The van der Waals surface area contributed by atoms with Crippen LogP contribution in [0.5, 0.6) is 0 Å². The monoisotopic (exact) mass is 379 g/mol.